The van der Waals surface area contributed by atoms with Crippen LogP contribution in [0.3, 0.4) is 0 Å². The minimum atomic E-state index is -1.90. The molecule has 12 heteroatoms. The summed E-state index contributed by atoms with van der Waals surface area (Å²) in [6, 6.07) is 6.27. The van der Waals surface area contributed by atoms with E-state index in [-0.39, 0.29) is 35.0 Å². The van der Waals surface area contributed by atoms with Crippen LogP contribution < -0.4 is 9.47 Å². The molecule has 0 spiro atoms. The summed E-state index contributed by atoms with van der Waals surface area (Å²) >= 11 is 0. The van der Waals surface area contributed by atoms with Crippen LogP contribution in [-0.4, -0.2) is 83.6 Å². The molecule has 178 valence electrons. The van der Waals surface area contributed by atoms with E-state index in [9.17, 15) is 45.6 Å². The molecule has 0 aliphatic carbocycles. The first-order chi connectivity index (χ1) is 15.6. The molecule has 33 heavy (non-hydrogen) atoms. The number of carbonyl (C=O) groups is 1. The summed E-state index contributed by atoms with van der Waals surface area (Å²) in [6.07, 6.45) is -11.4. The molecule has 0 saturated carbocycles. The highest BCUT2D eigenvalue weighted by Crippen LogP contribution is 2.44. The lowest BCUT2D eigenvalue weighted by Crippen LogP contribution is -2.61. The lowest BCUT2D eigenvalue weighted by atomic mass is 9.93. The highest BCUT2D eigenvalue weighted by Gasteiger charge is 2.48. The molecule has 2 aliphatic heterocycles. The van der Waals surface area contributed by atoms with Gasteiger partial charge in [-0.25, -0.2) is 4.79 Å². The SMILES string of the molecule is O=C(O)[C@H]1O[C@@H](Oc2cc(O)cc3c2C[C@@H](O)[C@@H](c2ccc(O)c(O)c2)O3)[C@H](O)[C@@H](O)[C@@H]1O. The van der Waals surface area contributed by atoms with Crippen molar-refractivity contribution in [2.24, 2.45) is 0 Å². The number of ether oxygens (including phenoxy) is 3. The number of carboxylic acids is 1. The molecule has 2 aromatic carbocycles. The average molecular weight is 466 g/mol. The third-order valence-corrected chi connectivity index (χ3v) is 5.55. The van der Waals surface area contributed by atoms with Crippen LogP contribution in [0.15, 0.2) is 30.3 Å². The lowest BCUT2D eigenvalue weighted by molar-refractivity contribution is -0.271. The van der Waals surface area contributed by atoms with Crippen molar-refractivity contribution >= 4 is 5.97 Å². The van der Waals surface area contributed by atoms with Gasteiger partial charge in [0.15, 0.2) is 17.6 Å². The number of phenolic OH excluding ortho intramolecular Hbond substituents is 3. The van der Waals surface area contributed by atoms with Crippen molar-refractivity contribution in [2.45, 2.75) is 49.3 Å². The van der Waals surface area contributed by atoms with Gasteiger partial charge in [-0.3, -0.25) is 0 Å². The molecule has 0 radical (unpaired) electrons. The number of aliphatic hydroxyl groups is 4. The Morgan fingerprint density at radius 2 is 1.67 bits per heavy atom. The van der Waals surface area contributed by atoms with Crippen molar-refractivity contribution in [2.75, 3.05) is 0 Å². The number of fused-ring (bicyclic) bond motifs is 1. The third kappa shape index (κ3) is 4.21. The monoisotopic (exact) mass is 466 g/mol. The van der Waals surface area contributed by atoms with Crippen LogP contribution in [0, 0.1) is 0 Å². The summed E-state index contributed by atoms with van der Waals surface area (Å²) in [5.41, 5.74) is 0.601. The Balaban J connectivity index is 1.63. The number of aliphatic hydroxyl groups excluding tert-OH is 4. The molecule has 2 aliphatic rings. The second kappa shape index (κ2) is 8.57. The molecule has 0 aromatic heterocycles. The number of aliphatic carboxylic acids is 1. The van der Waals surface area contributed by atoms with Gasteiger partial charge in [0, 0.05) is 24.1 Å². The molecular formula is C21H22O12. The van der Waals surface area contributed by atoms with Gasteiger partial charge in [-0.1, -0.05) is 6.07 Å². The molecule has 2 aromatic rings. The zero-order valence-electron chi connectivity index (χ0n) is 16.8. The first kappa shape index (κ1) is 22.9. The van der Waals surface area contributed by atoms with E-state index in [1.807, 2.05) is 0 Å². The Hall–Kier alpha value is -3.29. The minimum absolute atomic E-state index is 0.0758. The van der Waals surface area contributed by atoms with E-state index in [2.05, 4.69) is 0 Å². The molecule has 0 bridgehead atoms. The fourth-order valence-corrected chi connectivity index (χ4v) is 3.83. The highest BCUT2D eigenvalue weighted by atomic mass is 16.7. The van der Waals surface area contributed by atoms with Crippen molar-refractivity contribution in [3.8, 4) is 28.7 Å². The topological polar surface area (TPSA) is 207 Å². The van der Waals surface area contributed by atoms with Gasteiger partial charge >= 0.3 is 5.97 Å². The maximum atomic E-state index is 11.3. The van der Waals surface area contributed by atoms with Gasteiger partial charge in [0.2, 0.25) is 6.29 Å². The zero-order valence-corrected chi connectivity index (χ0v) is 16.8. The molecular weight excluding hydrogens is 444 g/mol. The summed E-state index contributed by atoms with van der Waals surface area (Å²) in [5, 5.41) is 79.2. The van der Waals surface area contributed by atoms with E-state index in [1.54, 1.807) is 0 Å². The quantitative estimate of drug-likeness (QED) is 0.258. The second-order valence-corrected chi connectivity index (χ2v) is 7.83. The van der Waals surface area contributed by atoms with Gasteiger partial charge in [0.25, 0.3) is 0 Å². The van der Waals surface area contributed by atoms with Crippen LogP contribution in [0.5, 0.6) is 28.7 Å². The van der Waals surface area contributed by atoms with Crippen molar-refractivity contribution in [1.29, 1.82) is 0 Å². The Labute approximate surface area is 186 Å². The number of carboxylic acid groups (broad SMARTS) is 1. The molecule has 2 heterocycles. The van der Waals surface area contributed by atoms with Gasteiger partial charge in [0.05, 0.1) is 6.10 Å². The van der Waals surface area contributed by atoms with Gasteiger partial charge in [0.1, 0.15) is 41.7 Å². The van der Waals surface area contributed by atoms with Crippen LogP contribution in [0.1, 0.15) is 17.2 Å². The second-order valence-electron chi connectivity index (χ2n) is 7.83. The summed E-state index contributed by atoms with van der Waals surface area (Å²) in [5.74, 6) is -2.70. The van der Waals surface area contributed by atoms with Gasteiger partial charge < -0.3 is 55.1 Å². The van der Waals surface area contributed by atoms with E-state index in [0.29, 0.717) is 5.56 Å². The van der Waals surface area contributed by atoms with Crippen LogP contribution in [0.25, 0.3) is 0 Å². The first-order valence-electron chi connectivity index (χ1n) is 9.88. The van der Waals surface area contributed by atoms with Crippen LogP contribution in [0.2, 0.25) is 0 Å². The van der Waals surface area contributed by atoms with Gasteiger partial charge in [-0.2, -0.15) is 0 Å². The predicted octanol–water partition coefficient (Wildman–Crippen LogP) is -0.889. The Bertz CT molecular complexity index is 1060. The molecule has 0 unspecified atom stereocenters. The Kier molecular flexibility index (Phi) is 5.95. The number of rotatable bonds is 4. The van der Waals surface area contributed by atoms with Crippen LogP contribution in [0.4, 0.5) is 0 Å². The smallest absolute Gasteiger partial charge is 0.335 e. The molecule has 8 N–H and O–H groups in total. The molecule has 7 atom stereocenters. The zero-order chi connectivity index (χ0) is 24.0. The van der Waals surface area contributed by atoms with Crippen molar-refractivity contribution in [1.82, 2.24) is 0 Å². The van der Waals surface area contributed by atoms with E-state index in [1.165, 1.54) is 24.3 Å². The van der Waals surface area contributed by atoms with E-state index < -0.39 is 54.6 Å². The summed E-state index contributed by atoms with van der Waals surface area (Å²) in [4.78, 5) is 11.3. The van der Waals surface area contributed by atoms with Crippen LogP contribution in [-0.2, 0) is 16.0 Å². The van der Waals surface area contributed by atoms with Crippen LogP contribution >= 0.6 is 0 Å². The van der Waals surface area contributed by atoms with Gasteiger partial charge in [-0.15, -0.1) is 0 Å². The summed E-state index contributed by atoms with van der Waals surface area (Å²) < 4.78 is 16.4. The molecule has 1 saturated heterocycles. The number of hydrogen-bond acceptors (Lipinski definition) is 11. The highest BCUT2D eigenvalue weighted by molar-refractivity contribution is 5.73. The first-order valence-corrected chi connectivity index (χ1v) is 9.88. The molecule has 1 fully saturated rings. The fourth-order valence-electron chi connectivity index (χ4n) is 3.83. The van der Waals surface area contributed by atoms with Gasteiger partial charge in [-0.05, 0) is 17.7 Å². The van der Waals surface area contributed by atoms with Crippen molar-refractivity contribution in [3.63, 3.8) is 0 Å². The Morgan fingerprint density at radius 3 is 2.33 bits per heavy atom. The predicted molar refractivity (Wildman–Crippen MR) is 106 cm³/mol. The molecule has 0 amide bonds. The summed E-state index contributed by atoms with van der Waals surface area (Å²) in [7, 11) is 0. The van der Waals surface area contributed by atoms with E-state index in [0.717, 1.165) is 6.07 Å². The van der Waals surface area contributed by atoms with Crippen molar-refractivity contribution < 1.29 is 59.9 Å². The number of benzene rings is 2. The van der Waals surface area contributed by atoms with Crippen molar-refractivity contribution in [3.05, 3.63) is 41.5 Å². The number of aromatic hydroxyl groups is 3. The minimum Gasteiger partial charge on any atom is -0.508 e. The number of hydrogen-bond donors (Lipinski definition) is 8. The third-order valence-electron chi connectivity index (χ3n) is 5.55. The lowest BCUT2D eigenvalue weighted by Gasteiger charge is -2.39. The average Bonchev–Trinajstić information content (AvgIpc) is 2.75. The normalized spacial score (nSPS) is 31.3. The standard InChI is InChI=1S/C21H22O12/c22-8-4-13-9(6-12(25)18(31-13)7-1-2-10(23)11(24)3-7)14(5-8)32-21-17(28)15(26)16(27)19(33-21)20(29)30/h1-5,12,15-19,21-28H,6H2,(H,29,30)/t12-,15+,16+,17-,18-,19+,21-/m1/s1. The largest absolute Gasteiger partial charge is 0.508 e. The van der Waals surface area contributed by atoms with E-state index in [4.69, 9.17) is 14.2 Å². The fraction of sp³-hybridized carbons (Fsp3) is 0.381. The van der Waals surface area contributed by atoms with E-state index >= 15 is 0 Å². The number of phenols is 3. The molecule has 12 nitrogen and oxygen atoms in total. The molecule has 4 rings (SSSR count). The summed E-state index contributed by atoms with van der Waals surface area (Å²) in [6.45, 7) is 0. The maximum absolute atomic E-state index is 11.3. The Morgan fingerprint density at radius 1 is 0.939 bits per heavy atom. The maximum Gasteiger partial charge on any atom is 0.335 e.